The van der Waals surface area contributed by atoms with Crippen LogP contribution in [-0.2, 0) is 24.1 Å². The second kappa shape index (κ2) is 7.83. The number of nitrogens with one attached hydrogen (secondary N) is 1. The quantitative estimate of drug-likeness (QED) is 0.816. The van der Waals surface area contributed by atoms with Crippen LogP contribution in [0.25, 0.3) is 0 Å². The van der Waals surface area contributed by atoms with Gasteiger partial charge >= 0.3 is 6.18 Å². The Morgan fingerprint density at radius 1 is 1.04 bits per heavy atom. The molecule has 2 aromatic rings. The molecule has 0 aliphatic heterocycles. The van der Waals surface area contributed by atoms with Crippen LogP contribution >= 0.6 is 0 Å². The highest BCUT2D eigenvalue weighted by molar-refractivity contribution is 5.75. The first kappa shape index (κ1) is 17.8. The molecule has 0 aromatic heterocycles. The topological polar surface area (TPSA) is 64.4 Å². The van der Waals surface area contributed by atoms with Crippen molar-refractivity contribution < 1.29 is 22.7 Å². The SMILES string of the molecule is NC(=O)COc1ccc(CNCc2cccc(C(F)(F)F)c2)cc1. The fourth-order valence-corrected chi connectivity index (χ4v) is 2.07. The number of hydrogen-bond donors (Lipinski definition) is 2. The van der Waals surface area contributed by atoms with Gasteiger partial charge in [0.25, 0.3) is 5.91 Å². The Balaban J connectivity index is 1.85. The fraction of sp³-hybridized carbons (Fsp3) is 0.235. The third-order valence-electron chi connectivity index (χ3n) is 3.22. The third-order valence-corrected chi connectivity index (χ3v) is 3.22. The highest BCUT2D eigenvalue weighted by atomic mass is 19.4. The van der Waals surface area contributed by atoms with E-state index in [2.05, 4.69) is 5.32 Å². The molecule has 0 radical (unpaired) electrons. The number of hydrogen-bond acceptors (Lipinski definition) is 3. The van der Waals surface area contributed by atoms with Gasteiger partial charge in [0.15, 0.2) is 6.61 Å². The van der Waals surface area contributed by atoms with Gasteiger partial charge in [0.1, 0.15) is 5.75 Å². The molecule has 0 heterocycles. The van der Waals surface area contributed by atoms with Crippen LogP contribution in [0.1, 0.15) is 16.7 Å². The molecule has 7 heteroatoms. The van der Waals surface area contributed by atoms with Crippen LogP contribution in [0.3, 0.4) is 0 Å². The monoisotopic (exact) mass is 338 g/mol. The Labute approximate surface area is 137 Å². The van der Waals surface area contributed by atoms with Crippen molar-refractivity contribution in [1.29, 1.82) is 0 Å². The first-order valence-electron chi connectivity index (χ1n) is 7.21. The second-order valence-electron chi connectivity index (χ2n) is 5.20. The zero-order valence-electron chi connectivity index (χ0n) is 12.8. The van der Waals surface area contributed by atoms with E-state index in [4.69, 9.17) is 10.5 Å². The lowest BCUT2D eigenvalue weighted by Gasteiger charge is -2.10. The molecule has 0 aliphatic carbocycles. The lowest BCUT2D eigenvalue weighted by atomic mass is 10.1. The van der Waals surface area contributed by atoms with Crippen molar-refractivity contribution in [2.75, 3.05) is 6.61 Å². The number of carbonyl (C=O) groups excluding carboxylic acids is 1. The summed E-state index contributed by atoms with van der Waals surface area (Å²) in [5.74, 6) is -0.0303. The Bertz CT molecular complexity index is 685. The molecule has 4 nitrogen and oxygen atoms in total. The number of rotatable bonds is 7. The molecule has 24 heavy (non-hydrogen) atoms. The summed E-state index contributed by atoms with van der Waals surface area (Å²) in [6.45, 7) is 0.628. The average Bonchev–Trinajstić information content (AvgIpc) is 2.53. The molecule has 2 aromatic carbocycles. The van der Waals surface area contributed by atoms with Crippen LogP contribution in [-0.4, -0.2) is 12.5 Å². The molecule has 3 N–H and O–H groups in total. The maximum Gasteiger partial charge on any atom is 0.416 e. The third kappa shape index (κ3) is 5.58. The lowest BCUT2D eigenvalue weighted by molar-refractivity contribution is -0.137. The van der Waals surface area contributed by atoms with Crippen LogP contribution in [0.5, 0.6) is 5.75 Å². The minimum Gasteiger partial charge on any atom is -0.484 e. The number of amides is 1. The van der Waals surface area contributed by atoms with E-state index in [-0.39, 0.29) is 6.61 Å². The number of carbonyl (C=O) groups is 1. The number of nitrogens with two attached hydrogens (primary N) is 1. The van der Waals surface area contributed by atoms with Gasteiger partial charge in [0, 0.05) is 13.1 Å². The number of halogens is 3. The van der Waals surface area contributed by atoms with E-state index in [0.717, 1.165) is 17.7 Å². The minimum atomic E-state index is -4.34. The van der Waals surface area contributed by atoms with Crippen molar-refractivity contribution in [3.05, 3.63) is 65.2 Å². The predicted molar refractivity (Wildman–Crippen MR) is 83.1 cm³/mol. The van der Waals surface area contributed by atoms with Crippen molar-refractivity contribution >= 4 is 5.91 Å². The van der Waals surface area contributed by atoms with Crippen LogP contribution in [0.4, 0.5) is 13.2 Å². The molecule has 2 rings (SSSR count). The molecule has 0 bridgehead atoms. The Hall–Kier alpha value is -2.54. The first-order valence-corrected chi connectivity index (χ1v) is 7.21. The molecule has 1 amide bonds. The standard InChI is InChI=1S/C17H17F3N2O2/c18-17(19,20)14-3-1-2-13(8-14)10-22-9-12-4-6-15(7-5-12)24-11-16(21)23/h1-8,22H,9-11H2,(H2,21,23). The number of primary amides is 1. The molecule has 0 saturated heterocycles. The van der Waals surface area contributed by atoms with Crippen LogP contribution in [0.2, 0.25) is 0 Å². The van der Waals surface area contributed by atoms with E-state index >= 15 is 0 Å². The normalized spacial score (nSPS) is 11.3. The summed E-state index contributed by atoms with van der Waals surface area (Å²) in [5.41, 5.74) is 5.83. The smallest absolute Gasteiger partial charge is 0.416 e. The van der Waals surface area contributed by atoms with Crippen molar-refractivity contribution in [2.24, 2.45) is 5.73 Å². The van der Waals surface area contributed by atoms with Gasteiger partial charge in [-0.2, -0.15) is 13.2 Å². The summed E-state index contributed by atoms with van der Waals surface area (Å²) in [6, 6.07) is 12.2. The molecule has 0 spiro atoms. The van der Waals surface area contributed by atoms with E-state index in [0.29, 0.717) is 24.4 Å². The molecule has 0 fully saturated rings. The van der Waals surface area contributed by atoms with Gasteiger partial charge in [-0.3, -0.25) is 4.79 Å². The van der Waals surface area contributed by atoms with Crippen molar-refractivity contribution in [3.8, 4) is 5.75 Å². The minimum absolute atomic E-state index is 0.187. The zero-order valence-corrected chi connectivity index (χ0v) is 12.8. The maximum atomic E-state index is 12.6. The fourth-order valence-electron chi connectivity index (χ4n) is 2.07. The van der Waals surface area contributed by atoms with Crippen LogP contribution in [0.15, 0.2) is 48.5 Å². The summed E-state index contributed by atoms with van der Waals surface area (Å²) in [5, 5.41) is 3.08. The molecular formula is C17H17F3N2O2. The average molecular weight is 338 g/mol. The van der Waals surface area contributed by atoms with Gasteiger partial charge in [0.05, 0.1) is 5.56 Å². The molecule has 0 saturated carbocycles. The van der Waals surface area contributed by atoms with Gasteiger partial charge in [-0.25, -0.2) is 0 Å². The number of benzene rings is 2. The van der Waals surface area contributed by atoms with E-state index in [1.165, 1.54) is 6.07 Å². The van der Waals surface area contributed by atoms with E-state index in [9.17, 15) is 18.0 Å². The van der Waals surface area contributed by atoms with Crippen LogP contribution in [0, 0.1) is 0 Å². The highest BCUT2D eigenvalue weighted by Crippen LogP contribution is 2.29. The van der Waals surface area contributed by atoms with Crippen molar-refractivity contribution in [1.82, 2.24) is 5.32 Å². The van der Waals surface area contributed by atoms with Gasteiger partial charge in [-0.1, -0.05) is 30.3 Å². The van der Waals surface area contributed by atoms with Gasteiger partial charge in [0.2, 0.25) is 0 Å². The number of ether oxygens (including phenoxy) is 1. The Morgan fingerprint density at radius 3 is 2.33 bits per heavy atom. The van der Waals surface area contributed by atoms with Gasteiger partial charge < -0.3 is 15.8 Å². The van der Waals surface area contributed by atoms with Crippen molar-refractivity contribution in [3.63, 3.8) is 0 Å². The molecule has 0 atom stereocenters. The van der Waals surface area contributed by atoms with E-state index < -0.39 is 17.6 Å². The predicted octanol–water partition coefficient (Wildman–Crippen LogP) is 2.86. The summed E-state index contributed by atoms with van der Waals surface area (Å²) >= 11 is 0. The summed E-state index contributed by atoms with van der Waals surface area (Å²) in [4.78, 5) is 10.6. The summed E-state index contributed by atoms with van der Waals surface area (Å²) < 4.78 is 43.1. The van der Waals surface area contributed by atoms with E-state index in [1.807, 2.05) is 0 Å². The maximum absolute atomic E-state index is 12.6. The Kier molecular flexibility index (Phi) is 5.81. The van der Waals surface area contributed by atoms with Gasteiger partial charge in [-0.05, 0) is 29.3 Å². The second-order valence-corrected chi connectivity index (χ2v) is 5.20. The summed E-state index contributed by atoms with van der Waals surface area (Å²) in [6.07, 6.45) is -4.34. The van der Waals surface area contributed by atoms with Crippen molar-refractivity contribution in [2.45, 2.75) is 19.3 Å². The highest BCUT2D eigenvalue weighted by Gasteiger charge is 2.30. The van der Waals surface area contributed by atoms with Crippen LogP contribution < -0.4 is 15.8 Å². The van der Waals surface area contributed by atoms with E-state index in [1.54, 1.807) is 30.3 Å². The molecule has 0 unspecified atom stereocenters. The molecule has 128 valence electrons. The van der Waals surface area contributed by atoms with Gasteiger partial charge in [-0.15, -0.1) is 0 Å². The number of alkyl halides is 3. The molecular weight excluding hydrogens is 321 g/mol. The zero-order chi connectivity index (χ0) is 17.6. The largest absolute Gasteiger partial charge is 0.484 e. The first-order chi connectivity index (χ1) is 11.3. The molecule has 0 aliphatic rings. The Morgan fingerprint density at radius 2 is 1.71 bits per heavy atom. The lowest BCUT2D eigenvalue weighted by Crippen LogP contribution is -2.20. The summed E-state index contributed by atoms with van der Waals surface area (Å²) in [7, 11) is 0.